The Morgan fingerprint density at radius 2 is 0.400 bits per heavy atom. The van der Waals surface area contributed by atoms with Crippen molar-refractivity contribution in [1.29, 1.82) is 0 Å². The Labute approximate surface area is 40.2 Å². The molecule has 0 radical (unpaired) electrons. The molecule has 0 bridgehead atoms. The van der Waals surface area contributed by atoms with Crippen molar-refractivity contribution < 1.29 is 39.3 Å². The summed E-state index contributed by atoms with van der Waals surface area (Å²) in [7, 11) is 0. The van der Waals surface area contributed by atoms with Crippen molar-refractivity contribution in [3.05, 3.63) is 0 Å². The first-order valence-corrected chi connectivity index (χ1v) is 0. The quantitative estimate of drug-likeness (QED) is 0.419. The van der Waals surface area contributed by atoms with Crippen LogP contribution in [0.15, 0.2) is 0 Å². The number of rotatable bonds is 0. The first-order valence-electron chi connectivity index (χ1n) is 0. The smallest absolute Gasteiger partial charge is 0 e. The third kappa shape index (κ3) is 177. The molecule has 0 aromatic rings. The standard InChI is InChI=1S/Cr.4H2O/h;4*1H2/p-4. The predicted octanol–water partition coefficient (Wildman–Crippen LogP) is -0.710. The second-order valence-corrected chi connectivity index (χ2v) is 0. The second-order valence-electron chi connectivity index (χ2n) is 0. The van der Waals surface area contributed by atoms with Gasteiger partial charge in [-0.25, -0.2) is 0 Å². The van der Waals surface area contributed by atoms with Crippen molar-refractivity contribution >= 4 is 0 Å². The van der Waals surface area contributed by atoms with E-state index >= 15 is 0 Å². The molecule has 0 aliphatic heterocycles. The number of hydrogen-bond acceptors (Lipinski definition) is 4. The molecule has 38 valence electrons. The van der Waals surface area contributed by atoms with Crippen LogP contribution in [0.25, 0.3) is 0 Å². The average Bonchev–Trinajstić information content (AvgIpc) is 0. The van der Waals surface area contributed by atoms with Crippen molar-refractivity contribution in [1.82, 2.24) is 0 Å². The van der Waals surface area contributed by atoms with Gasteiger partial charge in [-0.1, -0.05) is 0 Å². The monoisotopic (exact) mass is 120 g/mol. The van der Waals surface area contributed by atoms with Crippen LogP contribution >= 0.6 is 0 Å². The maximum atomic E-state index is 0. The van der Waals surface area contributed by atoms with Crippen LogP contribution in [0.5, 0.6) is 0 Å². The third-order valence-electron chi connectivity index (χ3n) is 0. The summed E-state index contributed by atoms with van der Waals surface area (Å²) >= 11 is 0. The van der Waals surface area contributed by atoms with E-state index in [1.807, 2.05) is 0 Å². The molecule has 0 spiro atoms. The molecule has 5 heavy (non-hydrogen) atoms. The molecule has 0 atom stereocenters. The maximum absolute atomic E-state index is 0. The Hall–Kier alpha value is 0.372. The van der Waals surface area contributed by atoms with E-state index in [2.05, 4.69) is 0 Å². The first-order chi connectivity index (χ1) is 0. The molecule has 5 heteroatoms. The van der Waals surface area contributed by atoms with Crippen LogP contribution in [0.1, 0.15) is 0 Å². The predicted molar refractivity (Wildman–Crippen MR) is 7.74 cm³/mol. The van der Waals surface area contributed by atoms with E-state index < -0.39 is 0 Å². The molecule has 0 amide bonds. The van der Waals surface area contributed by atoms with Gasteiger partial charge in [0.15, 0.2) is 0 Å². The molecule has 0 aromatic heterocycles. The zero-order chi connectivity index (χ0) is 0. The van der Waals surface area contributed by atoms with Gasteiger partial charge in [0.05, 0.1) is 0 Å². The average molecular weight is 120 g/mol. The Morgan fingerprint density at radius 3 is 0.400 bits per heavy atom. The summed E-state index contributed by atoms with van der Waals surface area (Å²) in [4.78, 5) is 0. The summed E-state index contributed by atoms with van der Waals surface area (Å²) in [6, 6.07) is 0. The van der Waals surface area contributed by atoms with Crippen LogP contribution in [0, 0.1) is 0 Å². The van der Waals surface area contributed by atoms with Crippen LogP contribution in [0.3, 0.4) is 0 Å². The van der Waals surface area contributed by atoms with Gasteiger partial charge >= 0.3 is 0 Å². The van der Waals surface area contributed by atoms with Crippen molar-refractivity contribution in [3.8, 4) is 0 Å². The molecule has 0 unspecified atom stereocenters. The summed E-state index contributed by atoms with van der Waals surface area (Å²) in [6.45, 7) is 0. The Balaban J connectivity index is 0. The van der Waals surface area contributed by atoms with Crippen molar-refractivity contribution in [3.63, 3.8) is 0 Å². The fourth-order valence-corrected chi connectivity index (χ4v) is 0. The van der Waals surface area contributed by atoms with E-state index in [1.54, 1.807) is 0 Å². The van der Waals surface area contributed by atoms with Gasteiger partial charge in [-0.3, -0.25) is 0 Å². The number of hydrogen-bond donors (Lipinski definition) is 0. The minimum Gasteiger partial charge on any atom is -0.870 e. The molecule has 0 aliphatic rings. The second kappa shape index (κ2) is 358. The molecule has 0 rings (SSSR count). The van der Waals surface area contributed by atoms with Gasteiger partial charge in [0.2, 0.25) is 0 Å². The van der Waals surface area contributed by atoms with Crippen molar-refractivity contribution in [2.24, 2.45) is 0 Å². The largest absolute Gasteiger partial charge is 0.870 e. The minimum atomic E-state index is 0. The molecule has 0 heterocycles. The van der Waals surface area contributed by atoms with E-state index in [1.165, 1.54) is 0 Å². The Kier molecular flexibility index (Phi) is 53100. The molecule has 4 nitrogen and oxygen atoms in total. The Morgan fingerprint density at radius 1 is 0.400 bits per heavy atom. The Bertz CT molecular complexity index is 3.61. The van der Waals surface area contributed by atoms with Crippen LogP contribution in [0.4, 0.5) is 0 Å². The molecule has 0 aromatic carbocycles. The van der Waals surface area contributed by atoms with Gasteiger partial charge in [0, 0.05) is 17.4 Å². The van der Waals surface area contributed by atoms with Crippen molar-refractivity contribution in [2.45, 2.75) is 0 Å². The first kappa shape index (κ1) is 740. The fraction of sp³-hybridized carbons (Fsp3) is 0. The zero-order valence-electron chi connectivity index (χ0n) is 2.20. The summed E-state index contributed by atoms with van der Waals surface area (Å²) in [5.41, 5.74) is 0. The van der Waals surface area contributed by atoms with E-state index in [0.717, 1.165) is 0 Å². The normalized spacial score (nSPS) is 0. The summed E-state index contributed by atoms with van der Waals surface area (Å²) in [5.74, 6) is 0. The van der Waals surface area contributed by atoms with Crippen LogP contribution in [0.2, 0.25) is 0 Å². The van der Waals surface area contributed by atoms with E-state index in [4.69, 9.17) is 0 Å². The van der Waals surface area contributed by atoms with Gasteiger partial charge in [-0.15, -0.1) is 0 Å². The molecular weight excluding hydrogens is 116 g/mol. The molecular formula is H4CrO4-4. The van der Waals surface area contributed by atoms with E-state index in [0.29, 0.717) is 0 Å². The topological polar surface area (TPSA) is 120 Å². The van der Waals surface area contributed by atoms with Crippen molar-refractivity contribution in [2.75, 3.05) is 0 Å². The molecule has 0 fully saturated rings. The van der Waals surface area contributed by atoms with Gasteiger partial charge in [0.1, 0.15) is 0 Å². The molecule has 0 aliphatic carbocycles. The zero-order valence-corrected chi connectivity index (χ0v) is 3.47. The maximum Gasteiger partial charge on any atom is 0 e. The summed E-state index contributed by atoms with van der Waals surface area (Å²) in [6.07, 6.45) is 0. The summed E-state index contributed by atoms with van der Waals surface area (Å²) < 4.78 is 0. The van der Waals surface area contributed by atoms with Gasteiger partial charge in [-0.2, -0.15) is 0 Å². The van der Waals surface area contributed by atoms with Crippen LogP contribution in [-0.2, 0) is 17.4 Å². The fourth-order valence-electron chi connectivity index (χ4n) is 0. The van der Waals surface area contributed by atoms with Crippen LogP contribution in [-0.4, -0.2) is 21.9 Å². The molecule has 0 saturated heterocycles. The summed E-state index contributed by atoms with van der Waals surface area (Å²) in [5, 5.41) is 0. The van der Waals surface area contributed by atoms with Gasteiger partial charge < -0.3 is 21.9 Å². The van der Waals surface area contributed by atoms with Gasteiger partial charge in [-0.05, 0) is 0 Å². The molecule has 0 saturated carbocycles. The van der Waals surface area contributed by atoms with E-state index in [9.17, 15) is 0 Å². The molecule has 4 N–H and O–H groups in total. The van der Waals surface area contributed by atoms with Crippen LogP contribution < -0.4 is 0 Å². The minimum absolute atomic E-state index is 0. The van der Waals surface area contributed by atoms with Gasteiger partial charge in [0.25, 0.3) is 0 Å². The van der Waals surface area contributed by atoms with E-state index in [-0.39, 0.29) is 39.3 Å². The SMILES string of the molecule is [Cr].[OH-].[OH-].[OH-].[OH-]. The third-order valence-corrected chi connectivity index (χ3v) is 0.